The second kappa shape index (κ2) is 6.97. The molecule has 3 heterocycles. The molecule has 3 aromatic rings. The standard InChI is InChI=1S/C19H18ClN3O3/c1-22(11-15-12-25-16-4-2-3-5-17(16)26-15)10-14-8-19(24)23-9-13(20)6-7-18(23)21-14/h2-9,15H,10-12H2,1H3/t15-/m0/s1. The largest absolute Gasteiger partial charge is 0.486 e. The van der Waals surface area contributed by atoms with Crippen molar-refractivity contribution in [3.05, 3.63) is 69.7 Å². The summed E-state index contributed by atoms with van der Waals surface area (Å²) in [5, 5.41) is 0.501. The minimum absolute atomic E-state index is 0.0738. The van der Waals surface area contributed by atoms with Crippen molar-refractivity contribution in [2.24, 2.45) is 0 Å². The zero-order chi connectivity index (χ0) is 18.1. The lowest BCUT2D eigenvalue weighted by atomic mass is 10.2. The van der Waals surface area contributed by atoms with E-state index in [9.17, 15) is 4.79 Å². The summed E-state index contributed by atoms with van der Waals surface area (Å²) in [5.41, 5.74) is 1.14. The van der Waals surface area contributed by atoms with Crippen molar-refractivity contribution < 1.29 is 9.47 Å². The Hall–Kier alpha value is -2.57. The van der Waals surface area contributed by atoms with Crippen LogP contribution in [-0.2, 0) is 6.54 Å². The quantitative estimate of drug-likeness (QED) is 0.705. The lowest BCUT2D eigenvalue weighted by Crippen LogP contribution is -2.39. The molecule has 1 aliphatic heterocycles. The first-order valence-corrected chi connectivity index (χ1v) is 8.71. The summed E-state index contributed by atoms with van der Waals surface area (Å²) >= 11 is 5.94. The molecule has 0 fully saturated rings. The molecule has 4 rings (SSSR count). The molecule has 0 N–H and O–H groups in total. The van der Waals surface area contributed by atoms with Crippen molar-refractivity contribution in [1.82, 2.24) is 14.3 Å². The summed E-state index contributed by atoms with van der Waals surface area (Å²) < 4.78 is 13.2. The van der Waals surface area contributed by atoms with Gasteiger partial charge in [-0.25, -0.2) is 4.98 Å². The number of para-hydroxylation sites is 2. The summed E-state index contributed by atoms with van der Waals surface area (Å²) in [6, 6.07) is 12.6. The molecular formula is C19H18ClN3O3. The molecule has 2 aromatic heterocycles. The third-order valence-electron chi connectivity index (χ3n) is 4.19. The molecule has 0 amide bonds. The minimum Gasteiger partial charge on any atom is -0.486 e. The van der Waals surface area contributed by atoms with Crippen LogP contribution in [0.5, 0.6) is 11.5 Å². The van der Waals surface area contributed by atoms with Crippen LogP contribution in [0.3, 0.4) is 0 Å². The summed E-state index contributed by atoms with van der Waals surface area (Å²) in [7, 11) is 1.97. The van der Waals surface area contributed by atoms with Gasteiger partial charge in [-0.15, -0.1) is 0 Å². The normalized spacial score (nSPS) is 16.2. The molecule has 26 heavy (non-hydrogen) atoms. The molecule has 1 aliphatic rings. The maximum absolute atomic E-state index is 12.3. The van der Waals surface area contributed by atoms with Gasteiger partial charge in [-0.3, -0.25) is 14.1 Å². The molecular weight excluding hydrogens is 354 g/mol. The molecule has 0 saturated heterocycles. The average Bonchev–Trinajstić information content (AvgIpc) is 2.62. The Morgan fingerprint density at radius 2 is 2.08 bits per heavy atom. The van der Waals surface area contributed by atoms with E-state index in [1.807, 2.05) is 31.3 Å². The Bertz CT molecular complexity index is 1000. The van der Waals surface area contributed by atoms with E-state index in [0.717, 1.165) is 11.5 Å². The maximum Gasteiger partial charge on any atom is 0.258 e. The second-order valence-corrected chi connectivity index (χ2v) is 6.79. The van der Waals surface area contributed by atoms with Gasteiger partial charge in [-0.05, 0) is 31.3 Å². The topological polar surface area (TPSA) is 56.1 Å². The number of fused-ring (bicyclic) bond motifs is 2. The third kappa shape index (κ3) is 3.52. The van der Waals surface area contributed by atoms with Gasteiger partial charge >= 0.3 is 0 Å². The van der Waals surface area contributed by atoms with Crippen LogP contribution in [0.2, 0.25) is 5.02 Å². The fraction of sp³-hybridized carbons (Fsp3) is 0.263. The van der Waals surface area contributed by atoms with Gasteiger partial charge in [0.05, 0.1) is 10.7 Å². The smallest absolute Gasteiger partial charge is 0.258 e. The van der Waals surface area contributed by atoms with Crippen molar-refractivity contribution in [2.75, 3.05) is 20.2 Å². The van der Waals surface area contributed by atoms with E-state index in [-0.39, 0.29) is 11.7 Å². The molecule has 0 aliphatic carbocycles. The molecule has 1 aromatic carbocycles. The van der Waals surface area contributed by atoms with Crippen LogP contribution in [0.15, 0.2) is 53.5 Å². The zero-order valence-electron chi connectivity index (χ0n) is 14.3. The first-order valence-electron chi connectivity index (χ1n) is 8.33. The molecule has 6 nitrogen and oxygen atoms in total. The summed E-state index contributed by atoms with van der Waals surface area (Å²) in [6.07, 6.45) is 1.50. The zero-order valence-corrected chi connectivity index (χ0v) is 15.0. The van der Waals surface area contributed by atoms with Crippen LogP contribution >= 0.6 is 11.6 Å². The van der Waals surface area contributed by atoms with Crippen LogP contribution in [0, 0.1) is 0 Å². The Kier molecular flexibility index (Phi) is 4.53. The molecule has 1 atom stereocenters. The molecule has 0 spiro atoms. The number of ether oxygens (including phenoxy) is 2. The van der Waals surface area contributed by atoms with Gasteiger partial charge in [-0.1, -0.05) is 23.7 Å². The van der Waals surface area contributed by atoms with Crippen LogP contribution in [-0.4, -0.2) is 40.6 Å². The van der Waals surface area contributed by atoms with E-state index in [1.54, 1.807) is 18.3 Å². The highest BCUT2D eigenvalue weighted by Crippen LogP contribution is 2.30. The number of benzene rings is 1. The number of likely N-dealkylation sites (N-methyl/N-ethyl adjacent to an activating group) is 1. The van der Waals surface area contributed by atoms with E-state index in [2.05, 4.69) is 9.88 Å². The Balaban J connectivity index is 1.45. The first kappa shape index (κ1) is 16.9. The molecule has 0 bridgehead atoms. The fourth-order valence-electron chi connectivity index (χ4n) is 3.05. The van der Waals surface area contributed by atoms with Crippen molar-refractivity contribution >= 4 is 17.2 Å². The van der Waals surface area contributed by atoms with Gasteiger partial charge in [0.25, 0.3) is 5.56 Å². The van der Waals surface area contributed by atoms with Crippen LogP contribution in [0.4, 0.5) is 0 Å². The van der Waals surface area contributed by atoms with E-state index in [0.29, 0.717) is 36.1 Å². The van der Waals surface area contributed by atoms with Crippen molar-refractivity contribution in [1.29, 1.82) is 0 Å². The SMILES string of the molecule is CN(Cc1cc(=O)n2cc(Cl)ccc2n1)C[C@H]1COc2ccccc2O1. The van der Waals surface area contributed by atoms with Gasteiger partial charge in [0.2, 0.25) is 0 Å². The highest BCUT2D eigenvalue weighted by Gasteiger charge is 2.22. The number of aromatic nitrogens is 2. The van der Waals surface area contributed by atoms with Crippen molar-refractivity contribution in [2.45, 2.75) is 12.6 Å². The lowest BCUT2D eigenvalue weighted by molar-refractivity contribution is 0.0635. The number of rotatable bonds is 4. The summed E-state index contributed by atoms with van der Waals surface area (Å²) in [5.74, 6) is 1.53. The summed E-state index contributed by atoms with van der Waals surface area (Å²) in [6.45, 7) is 1.69. The second-order valence-electron chi connectivity index (χ2n) is 6.36. The third-order valence-corrected chi connectivity index (χ3v) is 4.41. The van der Waals surface area contributed by atoms with Crippen LogP contribution in [0.1, 0.15) is 5.69 Å². The Morgan fingerprint density at radius 1 is 1.27 bits per heavy atom. The minimum atomic E-state index is -0.146. The summed E-state index contributed by atoms with van der Waals surface area (Å²) in [4.78, 5) is 18.9. The van der Waals surface area contributed by atoms with Gasteiger partial charge in [0, 0.05) is 25.4 Å². The first-order chi connectivity index (χ1) is 12.6. The van der Waals surface area contributed by atoms with Gasteiger partial charge in [-0.2, -0.15) is 0 Å². The van der Waals surface area contributed by atoms with Crippen molar-refractivity contribution in [3.63, 3.8) is 0 Å². The highest BCUT2D eigenvalue weighted by atomic mass is 35.5. The van der Waals surface area contributed by atoms with E-state index in [4.69, 9.17) is 21.1 Å². The maximum atomic E-state index is 12.3. The molecule has 0 unspecified atom stereocenters. The highest BCUT2D eigenvalue weighted by molar-refractivity contribution is 6.30. The number of halogens is 1. The fourth-order valence-corrected chi connectivity index (χ4v) is 3.21. The van der Waals surface area contributed by atoms with Crippen molar-refractivity contribution in [3.8, 4) is 11.5 Å². The average molecular weight is 372 g/mol. The van der Waals surface area contributed by atoms with Crippen LogP contribution < -0.4 is 15.0 Å². The molecule has 0 radical (unpaired) electrons. The monoisotopic (exact) mass is 371 g/mol. The van der Waals surface area contributed by atoms with E-state index < -0.39 is 0 Å². The van der Waals surface area contributed by atoms with Gasteiger partial charge < -0.3 is 9.47 Å². The molecule has 7 heteroatoms. The lowest BCUT2D eigenvalue weighted by Gasteiger charge is -2.29. The Labute approximate surface area is 155 Å². The predicted octanol–water partition coefficient (Wildman–Crippen LogP) is 2.62. The predicted molar refractivity (Wildman–Crippen MR) is 99.2 cm³/mol. The number of hydrogen-bond acceptors (Lipinski definition) is 5. The number of hydrogen-bond donors (Lipinski definition) is 0. The Morgan fingerprint density at radius 3 is 2.92 bits per heavy atom. The van der Waals surface area contributed by atoms with E-state index in [1.165, 1.54) is 10.5 Å². The number of nitrogens with zero attached hydrogens (tertiary/aromatic N) is 3. The van der Waals surface area contributed by atoms with Gasteiger partial charge in [0.1, 0.15) is 18.4 Å². The van der Waals surface area contributed by atoms with Crippen LogP contribution in [0.25, 0.3) is 5.65 Å². The number of pyridine rings is 1. The molecule has 0 saturated carbocycles. The molecule has 134 valence electrons. The van der Waals surface area contributed by atoms with Gasteiger partial charge in [0.15, 0.2) is 11.5 Å². The van der Waals surface area contributed by atoms with E-state index >= 15 is 0 Å².